The van der Waals surface area contributed by atoms with Crippen molar-refractivity contribution < 1.29 is 9.18 Å². The number of nitrogens with one attached hydrogen (secondary N) is 2. The summed E-state index contributed by atoms with van der Waals surface area (Å²) in [6.45, 7) is 0.224. The van der Waals surface area contributed by atoms with Crippen molar-refractivity contribution >= 4 is 39.2 Å². The number of hydrogen-bond acceptors (Lipinski definition) is 1. The third-order valence-electron chi connectivity index (χ3n) is 2.56. The number of halogens is 3. The van der Waals surface area contributed by atoms with E-state index in [4.69, 9.17) is 11.6 Å². The van der Waals surface area contributed by atoms with E-state index in [-0.39, 0.29) is 17.6 Å². The predicted molar refractivity (Wildman–Crippen MR) is 81.4 cm³/mol. The van der Waals surface area contributed by atoms with Crippen LogP contribution in [-0.4, -0.2) is 6.03 Å². The molecule has 0 saturated heterocycles. The highest BCUT2D eigenvalue weighted by Gasteiger charge is 2.05. The lowest BCUT2D eigenvalue weighted by atomic mass is 10.2. The molecule has 2 amide bonds. The normalized spacial score (nSPS) is 10.2. The van der Waals surface area contributed by atoms with Gasteiger partial charge in [0.2, 0.25) is 0 Å². The molecule has 0 atom stereocenters. The van der Waals surface area contributed by atoms with Crippen LogP contribution in [0, 0.1) is 5.82 Å². The van der Waals surface area contributed by atoms with Gasteiger partial charge in [-0.15, -0.1) is 0 Å². The van der Waals surface area contributed by atoms with Gasteiger partial charge in [0.1, 0.15) is 5.82 Å². The Morgan fingerprint density at radius 3 is 2.55 bits per heavy atom. The largest absolute Gasteiger partial charge is 0.334 e. The number of carbonyl (C=O) groups excluding carboxylic acids is 1. The minimum atomic E-state index is -0.405. The number of hydrogen-bond donors (Lipinski definition) is 2. The highest BCUT2D eigenvalue weighted by atomic mass is 79.9. The zero-order chi connectivity index (χ0) is 14.5. The van der Waals surface area contributed by atoms with E-state index >= 15 is 0 Å². The average Bonchev–Trinajstić information content (AvgIpc) is 2.40. The van der Waals surface area contributed by atoms with Gasteiger partial charge >= 0.3 is 6.03 Å². The third kappa shape index (κ3) is 4.21. The van der Waals surface area contributed by atoms with E-state index in [9.17, 15) is 9.18 Å². The Hall–Kier alpha value is -1.59. The van der Waals surface area contributed by atoms with Gasteiger partial charge in [-0.3, -0.25) is 0 Å². The molecule has 104 valence electrons. The van der Waals surface area contributed by atoms with Crippen LogP contribution >= 0.6 is 27.5 Å². The Morgan fingerprint density at radius 1 is 1.20 bits per heavy atom. The molecule has 0 heterocycles. The van der Waals surface area contributed by atoms with Crippen molar-refractivity contribution in [1.29, 1.82) is 0 Å². The second kappa shape index (κ2) is 6.72. The summed E-state index contributed by atoms with van der Waals surface area (Å²) in [5.41, 5.74) is 1.33. The van der Waals surface area contributed by atoms with Crippen LogP contribution in [0.1, 0.15) is 5.56 Å². The summed E-state index contributed by atoms with van der Waals surface area (Å²) in [6, 6.07) is 10.9. The van der Waals surface area contributed by atoms with E-state index < -0.39 is 5.82 Å². The highest BCUT2D eigenvalue weighted by Crippen LogP contribution is 2.17. The second-order valence-corrected chi connectivity index (χ2v) is 5.37. The number of benzene rings is 2. The molecule has 0 radical (unpaired) electrons. The smallest absolute Gasteiger partial charge is 0.319 e. The van der Waals surface area contributed by atoms with Crippen molar-refractivity contribution in [1.82, 2.24) is 5.32 Å². The quantitative estimate of drug-likeness (QED) is 0.830. The Labute approximate surface area is 129 Å². The molecule has 0 aliphatic heterocycles. The second-order valence-electron chi connectivity index (χ2n) is 4.05. The van der Waals surface area contributed by atoms with E-state index in [1.807, 2.05) is 12.1 Å². The van der Waals surface area contributed by atoms with Crippen LogP contribution in [0.4, 0.5) is 14.9 Å². The van der Waals surface area contributed by atoms with Crippen LogP contribution in [0.5, 0.6) is 0 Å². The van der Waals surface area contributed by atoms with Crippen molar-refractivity contribution in [3.63, 3.8) is 0 Å². The molecular weight excluding hydrogens is 347 g/mol. The molecule has 3 nitrogen and oxygen atoms in total. The Morgan fingerprint density at radius 2 is 1.90 bits per heavy atom. The van der Waals surface area contributed by atoms with Gasteiger partial charge in [-0.25, -0.2) is 9.18 Å². The number of rotatable bonds is 3. The molecule has 20 heavy (non-hydrogen) atoms. The zero-order valence-electron chi connectivity index (χ0n) is 10.3. The fraction of sp³-hybridized carbons (Fsp3) is 0.0714. The molecule has 0 aromatic heterocycles. The van der Waals surface area contributed by atoms with E-state index in [2.05, 4.69) is 26.6 Å². The van der Waals surface area contributed by atoms with Crippen LogP contribution in [0.25, 0.3) is 0 Å². The summed E-state index contributed by atoms with van der Waals surface area (Å²) < 4.78 is 13.8. The van der Waals surface area contributed by atoms with Gasteiger partial charge in [-0.2, -0.15) is 0 Å². The maximum absolute atomic E-state index is 12.9. The number of amides is 2. The topological polar surface area (TPSA) is 41.1 Å². The monoisotopic (exact) mass is 356 g/mol. The summed E-state index contributed by atoms with van der Waals surface area (Å²) in [5.74, 6) is -0.405. The van der Waals surface area contributed by atoms with E-state index in [0.29, 0.717) is 11.3 Å². The number of anilines is 1. The molecular formula is C14H11BrClFN2O. The summed E-state index contributed by atoms with van der Waals surface area (Å²) in [6.07, 6.45) is 0. The lowest BCUT2D eigenvalue weighted by Crippen LogP contribution is -2.28. The molecule has 0 saturated carbocycles. The van der Waals surface area contributed by atoms with E-state index in [1.54, 1.807) is 12.1 Å². The number of urea groups is 1. The van der Waals surface area contributed by atoms with Crippen LogP contribution in [0.3, 0.4) is 0 Å². The predicted octanol–water partition coefficient (Wildman–Crippen LogP) is 4.56. The van der Waals surface area contributed by atoms with Crippen molar-refractivity contribution in [3.05, 3.63) is 63.3 Å². The Bertz CT molecular complexity index is 619. The Kier molecular flexibility index (Phi) is 4.98. The number of carbonyl (C=O) groups is 1. The molecule has 0 unspecified atom stereocenters. The van der Waals surface area contributed by atoms with Crippen LogP contribution < -0.4 is 10.6 Å². The van der Waals surface area contributed by atoms with Crippen LogP contribution in [-0.2, 0) is 6.54 Å². The lowest BCUT2D eigenvalue weighted by Gasteiger charge is -2.09. The molecule has 2 rings (SSSR count). The minimum Gasteiger partial charge on any atom is -0.334 e. The third-order valence-corrected chi connectivity index (χ3v) is 3.44. The van der Waals surface area contributed by atoms with Crippen molar-refractivity contribution in [2.24, 2.45) is 0 Å². The average molecular weight is 358 g/mol. The molecule has 6 heteroatoms. The molecule has 0 bridgehead atoms. The Balaban J connectivity index is 1.90. The first-order valence-corrected chi connectivity index (χ1v) is 6.96. The van der Waals surface area contributed by atoms with Gasteiger partial charge < -0.3 is 10.6 Å². The molecule has 2 N–H and O–H groups in total. The maximum atomic E-state index is 12.9. The fourth-order valence-corrected chi connectivity index (χ4v) is 2.05. The van der Waals surface area contributed by atoms with Crippen molar-refractivity contribution in [3.8, 4) is 0 Å². The standard InChI is InChI=1S/C14H11BrClFN2O/c15-10-2-5-12(6-3-10)19-14(20)18-8-9-1-4-11(17)7-13(9)16/h1-7H,8H2,(H2,18,19,20). The first-order chi connectivity index (χ1) is 9.54. The fourth-order valence-electron chi connectivity index (χ4n) is 1.55. The maximum Gasteiger partial charge on any atom is 0.319 e. The molecule has 0 aliphatic carbocycles. The summed E-state index contributed by atoms with van der Waals surface area (Å²) in [4.78, 5) is 11.7. The van der Waals surface area contributed by atoms with Gasteiger partial charge in [-0.05, 0) is 42.0 Å². The van der Waals surface area contributed by atoms with E-state index in [1.165, 1.54) is 18.2 Å². The molecule has 2 aromatic carbocycles. The van der Waals surface area contributed by atoms with Crippen molar-refractivity contribution in [2.45, 2.75) is 6.54 Å². The minimum absolute atomic E-state index is 0.224. The molecule has 0 aliphatic rings. The van der Waals surface area contributed by atoms with Gasteiger partial charge in [0.05, 0.1) is 0 Å². The zero-order valence-corrected chi connectivity index (χ0v) is 12.6. The first kappa shape index (κ1) is 14.8. The molecule has 0 fully saturated rings. The molecule has 0 spiro atoms. The summed E-state index contributed by atoms with van der Waals surface area (Å²) in [5, 5.41) is 5.62. The summed E-state index contributed by atoms with van der Waals surface area (Å²) >= 11 is 9.19. The van der Waals surface area contributed by atoms with Gasteiger partial charge in [-0.1, -0.05) is 33.6 Å². The van der Waals surface area contributed by atoms with E-state index in [0.717, 1.165) is 4.47 Å². The first-order valence-electron chi connectivity index (χ1n) is 5.79. The van der Waals surface area contributed by atoms with Gasteiger partial charge in [0, 0.05) is 21.7 Å². The lowest BCUT2D eigenvalue weighted by molar-refractivity contribution is 0.251. The van der Waals surface area contributed by atoms with Gasteiger partial charge in [0.15, 0.2) is 0 Å². The van der Waals surface area contributed by atoms with Gasteiger partial charge in [0.25, 0.3) is 0 Å². The highest BCUT2D eigenvalue weighted by molar-refractivity contribution is 9.10. The van der Waals surface area contributed by atoms with Crippen LogP contribution in [0.2, 0.25) is 5.02 Å². The summed E-state index contributed by atoms with van der Waals surface area (Å²) in [7, 11) is 0. The molecule has 2 aromatic rings. The SMILES string of the molecule is O=C(NCc1ccc(F)cc1Cl)Nc1ccc(Br)cc1. The van der Waals surface area contributed by atoms with Crippen molar-refractivity contribution in [2.75, 3.05) is 5.32 Å². The van der Waals surface area contributed by atoms with Crippen LogP contribution in [0.15, 0.2) is 46.9 Å².